The Bertz CT molecular complexity index is 870. The monoisotopic (exact) mass is 411 g/mol. The molecule has 0 spiro atoms. The van der Waals surface area contributed by atoms with Gasteiger partial charge in [-0.3, -0.25) is 9.63 Å². The molecular formula is C18H16F3N3O5. The SMILES string of the molecule is O=C(NCCO)c1ccc(OC2=C[C@H](c3ccc(OC(F)(F)F)cc3)ON2)cn1. The summed E-state index contributed by atoms with van der Waals surface area (Å²) >= 11 is 0. The van der Waals surface area contributed by atoms with Crippen LogP contribution in [0.4, 0.5) is 13.2 Å². The Morgan fingerprint density at radius 1 is 1.21 bits per heavy atom. The molecule has 1 aliphatic rings. The van der Waals surface area contributed by atoms with E-state index in [1.165, 1.54) is 42.6 Å². The van der Waals surface area contributed by atoms with Crippen molar-refractivity contribution in [2.45, 2.75) is 12.5 Å². The molecule has 8 nitrogen and oxygen atoms in total. The minimum absolute atomic E-state index is 0.123. The zero-order valence-electron chi connectivity index (χ0n) is 14.8. The zero-order valence-corrected chi connectivity index (χ0v) is 14.8. The first-order chi connectivity index (χ1) is 13.8. The number of hydrogen-bond acceptors (Lipinski definition) is 7. The van der Waals surface area contributed by atoms with Gasteiger partial charge in [0.2, 0.25) is 5.88 Å². The van der Waals surface area contributed by atoms with Gasteiger partial charge in [-0.2, -0.15) is 0 Å². The number of nitrogens with one attached hydrogen (secondary N) is 2. The highest BCUT2D eigenvalue weighted by molar-refractivity contribution is 5.92. The smallest absolute Gasteiger partial charge is 0.438 e. The van der Waals surface area contributed by atoms with Crippen molar-refractivity contribution in [3.8, 4) is 11.5 Å². The molecule has 3 N–H and O–H groups in total. The average molecular weight is 411 g/mol. The van der Waals surface area contributed by atoms with Crippen LogP contribution in [-0.2, 0) is 4.84 Å². The number of halogens is 3. The summed E-state index contributed by atoms with van der Waals surface area (Å²) in [6.45, 7) is -0.0520. The highest BCUT2D eigenvalue weighted by Gasteiger charge is 2.31. The van der Waals surface area contributed by atoms with Crippen molar-refractivity contribution in [1.82, 2.24) is 15.8 Å². The molecule has 1 amide bonds. The Kier molecular flexibility index (Phi) is 6.20. The minimum atomic E-state index is -4.75. The molecule has 154 valence electrons. The quantitative estimate of drug-likeness (QED) is 0.642. The van der Waals surface area contributed by atoms with E-state index in [9.17, 15) is 18.0 Å². The standard InChI is InChI=1S/C18H16F3N3O5/c19-18(20,21)28-12-3-1-11(2-4-12)15-9-16(24-29-15)27-13-5-6-14(23-10-13)17(26)22-7-8-25/h1-6,9-10,15,24-25H,7-8H2,(H,22,26)/t15-/m1/s1. The van der Waals surface area contributed by atoms with Crippen LogP contribution in [0.3, 0.4) is 0 Å². The predicted octanol–water partition coefficient (Wildman–Crippen LogP) is 2.20. The van der Waals surface area contributed by atoms with Crippen LogP contribution in [-0.4, -0.2) is 35.5 Å². The molecule has 1 aromatic heterocycles. The van der Waals surface area contributed by atoms with Crippen LogP contribution in [0.2, 0.25) is 0 Å². The molecule has 0 fully saturated rings. The molecule has 3 rings (SSSR count). The van der Waals surface area contributed by atoms with Crippen LogP contribution in [0.15, 0.2) is 54.6 Å². The molecule has 0 saturated carbocycles. The first-order valence-corrected chi connectivity index (χ1v) is 8.36. The van der Waals surface area contributed by atoms with Crippen molar-refractivity contribution in [3.63, 3.8) is 0 Å². The molecule has 2 aromatic rings. The van der Waals surface area contributed by atoms with Crippen LogP contribution in [0.1, 0.15) is 22.2 Å². The van der Waals surface area contributed by atoms with Crippen molar-refractivity contribution in [2.75, 3.05) is 13.2 Å². The van der Waals surface area contributed by atoms with Crippen molar-refractivity contribution >= 4 is 5.91 Å². The number of alkyl halides is 3. The van der Waals surface area contributed by atoms with Crippen LogP contribution in [0.5, 0.6) is 11.5 Å². The van der Waals surface area contributed by atoms with E-state index in [4.69, 9.17) is 14.7 Å². The fourth-order valence-corrected chi connectivity index (χ4v) is 2.37. The maximum atomic E-state index is 12.2. The van der Waals surface area contributed by atoms with Gasteiger partial charge in [-0.1, -0.05) is 12.1 Å². The maximum absolute atomic E-state index is 12.2. The van der Waals surface area contributed by atoms with Gasteiger partial charge in [0.25, 0.3) is 5.91 Å². The molecule has 29 heavy (non-hydrogen) atoms. The van der Waals surface area contributed by atoms with Crippen molar-refractivity contribution < 1.29 is 37.4 Å². The molecule has 0 unspecified atom stereocenters. The average Bonchev–Trinajstić information content (AvgIpc) is 3.14. The molecule has 0 bridgehead atoms. The third-order valence-corrected chi connectivity index (χ3v) is 3.63. The number of carbonyl (C=O) groups is 1. The minimum Gasteiger partial charge on any atom is -0.438 e. The predicted molar refractivity (Wildman–Crippen MR) is 92.5 cm³/mol. The number of ether oxygens (including phenoxy) is 2. The number of aliphatic hydroxyl groups excluding tert-OH is 1. The number of aromatic nitrogens is 1. The van der Waals surface area contributed by atoms with Gasteiger partial charge in [0.1, 0.15) is 23.3 Å². The molecule has 0 saturated heterocycles. The topological polar surface area (TPSA) is 102 Å². The summed E-state index contributed by atoms with van der Waals surface area (Å²) in [5, 5.41) is 11.2. The lowest BCUT2D eigenvalue weighted by molar-refractivity contribution is -0.274. The molecule has 0 aliphatic carbocycles. The van der Waals surface area contributed by atoms with E-state index in [1.807, 2.05) is 0 Å². The number of rotatable bonds is 7. The second-order valence-corrected chi connectivity index (χ2v) is 5.75. The van der Waals surface area contributed by atoms with Crippen LogP contribution < -0.4 is 20.3 Å². The Balaban J connectivity index is 1.59. The lowest BCUT2D eigenvalue weighted by Crippen LogP contribution is -2.27. The summed E-state index contributed by atoms with van der Waals surface area (Å²) in [5.74, 6) is -0.169. The highest BCUT2D eigenvalue weighted by atomic mass is 19.4. The second-order valence-electron chi connectivity index (χ2n) is 5.75. The number of hydrogen-bond donors (Lipinski definition) is 3. The molecule has 0 radical (unpaired) electrons. The molecule has 1 aliphatic heterocycles. The Morgan fingerprint density at radius 3 is 2.55 bits per heavy atom. The zero-order chi connectivity index (χ0) is 20.9. The fraction of sp³-hybridized carbons (Fsp3) is 0.222. The first-order valence-electron chi connectivity index (χ1n) is 8.36. The largest absolute Gasteiger partial charge is 0.573 e. The van der Waals surface area contributed by atoms with Gasteiger partial charge in [-0.25, -0.2) is 10.5 Å². The Labute approximate surface area is 162 Å². The van der Waals surface area contributed by atoms with Crippen molar-refractivity contribution in [2.24, 2.45) is 0 Å². The van der Waals surface area contributed by atoms with E-state index >= 15 is 0 Å². The van der Waals surface area contributed by atoms with Gasteiger partial charge in [-0.15, -0.1) is 13.2 Å². The Hall–Kier alpha value is -3.31. The second kappa shape index (κ2) is 8.80. The number of aliphatic hydroxyl groups is 1. The summed E-state index contributed by atoms with van der Waals surface area (Å²) in [6, 6.07) is 8.23. The number of pyridine rings is 1. The number of amides is 1. The third kappa shape index (κ3) is 5.83. The van der Waals surface area contributed by atoms with E-state index in [-0.39, 0.29) is 30.5 Å². The third-order valence-electron chi connectivity index (χ3n) is 3.63. The van der Waals surface area contributed by atoms with E-state index in [2.05, 4.69) is 20.5 Å². The van der Waals surface area contributed by atoms with E-state index < -0.39 is 18.4 Å². The van der Waals surface area contributed by atoms with Crippen LogP contribution in [0, 0.1) is 0 Å². The molecule has 1 atom stereocenters. The lowest BCUT2D eigenvalue weighted by Gasteiger charge is -2.11. The number of hydroxylamine groups is 1. The normalized spacial score (nSPS) is 16.0. The summed E-state index contributed by atoms with van der Waals surface area (Å²) in [7, 11) is 0. The summed E-state index contributed by atoms with van der Waals surface area (Å²) in [4.78, 5) is 21.0. The van der Waals surface area contributed by atoms with Gasteiger partial charge < -0.3 is 19.9 Å². The number of nitrogens with zero attached hydrogens (tertiary/aromatic N) is 1. The van der Waals surface area contributed by atoms with Gasteiger partial charge in [0.05, 0.1) is 12.8 Å². The maximum Gasteiger partial charge on any atom is 0.573 e. The number of benzene rings is 1. The molecular weight excluding hydrogens is 395 g/mol. The number of carbonyl (C=O) groups excluding carboxylic acids is 1. The van der Waals surface area contributed by atoms with Crippen molar-refractivity contribution in [3.05, 3.63) is 65.8 Å². The van der Waals surface area contributed by atoms with Gasteiger partial charge >= 0.3 is 6.36 Å². The van der Waals surface area contributed by atoms with E-state index in [0.29, 0.717) is 11.3 Å². The van der Waals surface area contributed by atoms with Gasteiger partial charge in [0, 0.05) is 12.6 Å². The lowest BCUT2D eigenvalue weighted by atomic mass is 10.1. The highest BCUT2D eigenvalue weighted by Crippen LogP contribution is 2.28. The summed E-state index contributed by atoms with van der Waals surface area (Å²) in [6.07, 6.45) is -2.41. The first kappa shape index (κ1) is 20.4. The van der Waals surface area contributed by atoms with Crippen LogP contribution in [0.25, 0.3) is 0 Å². The van der Waals surface area contributed by atoms with E-state index in [1.54, 1.807) is 6.08 Å². The molecule has 1 aromatic carbocycles. The summed E-state index contributed by atoms with van der Waals surface area (Å²) < 4.78 is 46.0. The summed E-state index contributed by atoms with van der Waals surface area (Å²) in [5.41, 5.74) is 3.31. The van der Waals surface area contributed by atoms with Crippen molar-refractivity contribution in [1.29, 1.82) is 0 Å². The fourth-order valence-electron chi connectivity index (χ4n) is 2.37. The van der Waals surface area contributed by atoms with Gasteiger partial charge in [-0.05, 0) is 29.8 Å². The Morgan fingerprint density at radius 2 is 1.93 bits per heavy atom. The van der Waals surface area contributed by atoms with E-state index in [0.717, 1.165) is 0 Å². The van der Waals surface area contributed by atoms with Crippen LogP contribution >= 0.6 is 0 Å². The molecule has 2 heterocycles. The molecule has 11 heteroatoms. The van der Waals surface area contributed by atoms with Gasteiger partial charge in [0.15, 0.2) is 0 Å².